The Labute approximate surface area is 173 Å². The van der Waals surface area contributed by atoms with Gasteiger partial charge in [0, 0.05) is 10.6 Å². The second-order valence-electron chi connectivity index (χ2n) is 8.28. The van der Waals surface area contributed by atoms with E-state index in [0.717, 1.165) is 0 Å². The minimum absolute atomic E-state index is 0.0385. The molecule has 1 heterocycles. The summed E-state index contributed by atoms with van der Waals surface area (Å²) < 4.78 is 17.1. The van der Waals surface area contributed by atoms with Gasteiger partial charge in [0.25, 0.3) is 0 Å². The van der Waals surface area contributed by atoms with Gasteiger partial charge in [0.2, 0.25) is 5.76 Å². The summed E-state index contributed by atoms with van der Waals surface area (Å²) in [6, 6.07) is 6.76. The summed E-state index contributed by atoms with van der Waals surface area (Å²) >= 11 is 9.39. The zero-order valence-corrected chi connectivity index (χ0v) is 18.7. The lowest BCUT2D eigenvalue weighted by Gasteiger charge is -2.30. The standard InChI is InChI=1S/C20H24BrClO5/c1-18(2,3)25-15-14(16(23)26-19(4,5)6)20(11-21,27-17(15)24)12-7-9-13(22)10-8-12/h7-10H,11H2,1-6H3. The number of carbonyl (C=O) groups is 2. The van der Waals surface area contributed by atoms with E-state index in [9.17, 15) is 9.59 Å². The predicted octanol–water partition coefficient (Wildman–Crippen LogP) is 4.90. The third-order valence-electron chi connectivity index (χ3n) is 3.59. The van der Waals surface area contributed by atoms with E-state index in [0.29, 0.717) is 10.6 Å². The average Bonchev–Trinajstić information content (AvgIpc) is 2.78. The number of alkyl halides is 1. The maximum atomic E-state index is 13.1. The second-order valence-corrected chi connectivity index (χ2v) is 9.27. The molecule has 27 heavy (non-hydrogen) atoms. The molecule has 0 amide bonds. The first-order valence-electron chi connectivity index (χ1n) is 8.51. The molecular weight excluding hydrogens is 436 g/mol. The Morgan fingerprint density at radius 3 is 2.11 bits per heavy atom. The molecule has 148 valence electrons. The number of carbonyl (C=O) groups excluding carboxylic acids is 2. The third-order valence-corrected chi connectivity index (χ3v) is 4.63. The largest absolute Gasteiger partial charge is 0.480 e. The van der Waals surface area contributed by atoms with Crippen molar-refractivity contribution in [3.63, 3.8) is 0 Å². The molecule has 5 nitrogen and oxygen atoms in total. The maximum absolute atomic E-state index is 13.1. The summed E-state index contributed by atoms with van der Waals surface area (Å²) in [7, 11) is 0. The van der Waals surface area contributed by atoms with E-state index in [2.05, 4.69) is 15.9 Å². The molecule has 7 heteroatoms. The molecule has 0 N–H and O–H groups in total. The molecule has 0 fully saturated rings. The number of hydrogen-bond acceptors (Lipinski definition) is 5. The molecule has 1 aromatic carbocycles. The number of cyclic esters (lactones) is 1. The number of ether oxygens (including phenoxy) is 3. The fourth-order valence-electron chi connectivity index (χ4n) is 2.62. The molecule has 1 unspecified atom stereocenters. The lowest BCUT2D eigenvalue weighted by Crippen LogP contribution is -2.37. The fourth-order valence-corrected chi connectivity index (χ4v) is 3.46. The highest BCUT2D eigenvalue weighted by atomic mass is 79.9. The van der Waals surface area contributed by atoms with E-state index in [1.165, 1.54) is 0 Å². The van der Waals surface area contributed by atoms with Crippen molar-refractivity contribution >= 4 is 39.5 Å². The van der Waals surface area contributed by atoms with Crippen LogP contribution in [0.5, 0.6) is 0 Å². The van der Waals surface area contributed by atoms with Crippen LogP contribution in [0.4, 0.5) is 0 Å². The molecule has 0 saturated carbocycles. The minimum atomic E-state index is -1.37. The van der Waals surface area contributed by atoms with Crippen LogP contribution >= 0.6 is 27.5 Å². The number of rotatable bonds is 4. The topological polar surface area (TPSA) is 61.8 Å². The number of hydrogen-bond donors (Lipinski definition) is 0. The van der Waals surface area contributed by atoms with Crippen molar-refractivity contribution < 1.29 is 23.8 Å². The predicted molar refractivity (Wildman–Crippen MR) is 107 cm³/mol. The minimum Gasteiger partial charge on any atom is -0.480 e. The Balaban J connectivity index is 2.69. The van der Waals surface area contributed by atoms with E-state index in [-0.39, 0.29) is 16.7 Å². The highest BCUT2D eigenvalue weighted by molar-refractivity contribution is 9.09. The zero-order chi connectivity index (χ0) is 20.6. The Morgan fingerprint density at radius 1 is 1.11 bits per heavy atom. The molecule has 0 radical (unpaired) electrons. The summed E-state index contributed by atoms with van der Waals surface area (Å²) in [6.07, 6.45) is 0. The Morgan fingerprint density at radius 2 is 1.67 bits per heavy atom. The van der Waals surface area contributed by atoms with Crippen LogP contribution in [0.2, 0.25) is 5.02 Å². The lowest BCUT2D eigenvalue weighted by molar-refractivity contribution is -0.154. The van der Waals surface area contributed by atoms with Gasteiger partial charge in [0.15, 0.2) is 5.60 Å². The van der Waals surface area contributed by atoms with Gasteiger partial charge < -0.3 is 14.2 Å². The van der Waals surface area contributed by atoms with Crippen LogP contribution in [0.1, 0.15) is 47.1 Å². The van der Waals surface area contributed by atoms with E-state index in [4.69, 9.17) is 25.8 Å². The van der Waals surface area contributed by atoms with E-state index >= 15 is 0 Å². The van der Waals surface area contributed by atoms with Crippen molar-refractivity contribution in [2.24, 2.45) is 0 Å². The second kappa shape index (κ2) is 7.47. The molecule has 0 bridgehead atoms. The summed E-state index contributed by atoms with van der Waals surface area (Å²) in [4.78, 5) is 25.8. The van der Waals surface area contributed by atoms with Crippen LogP contribution < -0.4 is 0 Å². The van der Waals surface area contributed by atoms with Crippen LogP contribution in [0.15, 0.2) is 35.6 Å². The van der Waals surface area contributed by atoms with Gasteiger partial charge in [-0.05, 0) is 53.7 Å². The first-order valence-corrected chi connectivity index (χ1v) is 10.0. The van der Waals surface area contributed by atoms with Gasteiger partial charge in [-0.15, -0.1) is 0 Å². The molecule has 1 aliphatic rings. The highest BCUT2D eigenvalue weighted by Gasteiger charge is 2.54. The Bertz CT molecular complexity index is 771. The quantitative estimate of drug-likeness (QED) is 0.473. The van der Waals surface area contributed by atoms with Gasteiger partial charge >= 0.3 is 11.9 Å². The van der Waals surface area contributed by atoms with Crippen LogP contribution in [0.25, 0.3) is 0 Å². The summed E-state index contributed by atoms with van der Waals surface area (Å²) in [5, 5.41) is 0.681. The summed E-state index contributed by atoms with van der Waals surface area (Å²) in [6.45, 7) is 10.6. The van der Waals surface area contributed by atoms with Gasteiger partial charge in [0.1, 0.15) is 16.8 Å². The van der Waals surface area contributed by atoms with Crippen molar-refractivity contribution in [2.45, 2.75) is 58.3 Å². The maximum Gasteiger partial charge on any atom is 0.375 e. The molecule has 1 aliphatic heterocycles. The van der Waals surface area contributed by atoms with Crippen LogP contribution in [0.3, 0.4) is 0 Å². The van der Waals surface area contributed by atoms with Crippen molar-refractivity contribution in [3.05, 3.63) is 46.2 Å². The fraction of sp³-hybridized carbons (Fsp3) is 0.500. The van der Waals surface area contributed by atoms with E-state index < -0.39 is 28.7 Å². The summed E-state index contributed by atoms with van der Waals surface area (Å²) in [5.74, 6) is -1.51. The van der Waals surface area contributed by atoms with E-state index in [1.54, 1.807) is 65.8 Å². The summed E-state index contributed by atoms with van der Waals surface area (Å²) in [5.41, 5.74) is -2.20. The number of benzene rings is 1. The Hall–Kier alpha value is -1.53. The molecule has 2 rings (SSSR count). The van der Waals surface area contributed by atoms with Gasteiger partial charge in [-0.2, -0.15) is 0 Å². The van der Waals surface area contributed by atoms with E-state index in [1.807, 2.05) is 0 Å². The lowest BCUT2D eigenvalue weighted by atomic mass is 9.88. The molecule has 0 aliphatic carbocycles. The molecule has 1 aromatic rings. The molecule has 0 saturated heterocycles. The Kier molecular flexibility index (Phi) is 6.02. The van der Waals surface area contributed by atoms with Crippen molar-refractivity contribution in [1.82, 2.24) is 0 Å². The molecular formula is C20H24BrClO5. The van der Waals surface area contributed by atoms with Gasteiger partial charge in [0.05, 0.1) is 5.33 Å². The third kappa shape index (κ3) is 4.85. The van der Waals surface area contributed by atoms with Crippen LogP contribution in [-0.2, 0) is 29.4 Å². The van der Waals surface area contributed by atoms with Crippen molar-refractivity contribution in [1.29, 1.82) is 0 Å². The first kappa shape index (κ1) is 21.8. The smallest absolute Gasteiger partial charge is 0.375 e. The number of halogens is 2. The zero-order valence-electron chi connectivity index (χ0n) is 16.3. The monoisotopic (exact) mass is 458 g/mol. The molecule has 0 spiro atoms. The molecule has 0 aromatic heterocycles. The van der Waals surface area contributed by atoms with Crippen molar-refractivity contribution in [3.8, 4) is 0 Å². The van der Waals surface area contributed by atoms with Gasteiger partial charge in [-0.25, -0.2) is 9.59 Å². The van der Waals surface area contributed by atoms with Gasteiger partial charge in [-0.3, -0.25) is 0 Å². The van der Waals surface area contributed by atoms with Crippen LogP contribution in [-0.4, -0.2) is 28.5 Å². The molecule has 1 atom stereocenters. The number of esters is 2. The first-order chi connectivity index (χ1) is 12.3. The SMILES string of the molecule is CC(C)(C)OC(=O)C1=C(OC(C)(C)C)C(=O)OC1(CBr)c1ccc(Cl)cc1. The van der Waals surface area contributed by atoms with Crippen LogP contribution in [0, 0.1) is 0 Å². The highest BCUT2D eigenvalue weighted by Crippen LogP contribution is 2.45. The normalized spacial score (nSPS) is 20.5. The van der Waals surface area contributed by atoms with Gasteiger partial charge in [-0.1, -0.05) is 39.7 Å². The van der Waals surface area contributed by atoms with Crippen molar-refractivity contribution in [2.75, 3.05) is 5.33 Å². The average molecular weight is 460 g/mol.